The van der Waals surface area contributed by atoms with Crippen molar-refractivity contribution in [3.63, 3.8) is 0 Å². The fraction of sp³-hybridized carbons (Fsp3) is 0.625. The molecule has 0 bridgehead atoms. The highest BCUT2D eigenvalue weighted by Crippen LogP contribution is 2.30. The molecule has 4 heteroatoms. The number of likely N-dealkylation sites (N-methyl/N-ethyl adjacent to an activating group) is 1. The van der Waals surface area contributed by atoms with Crippen molar-refractivity contribution in [2.45, 2.75) is 43.8 Å². The van der Waals surface area contributed by atoms with Crippen molar-refractivity contribution in [3.8, 4) is 0 Å². The summed E-state index contributed by atoms with van der Waals surface area (Å²) in [7, 11) is 1.95. The molecule has 0 heterocycles. The summed E-state index contributed by atoms with van der Waals surface area (Å²) in [4.78, 5) is 2.05. The lowest BCUT2D eigenvalue weighted by Gasteiger charge is -2.29. The monoisotopic (exact) mass is 281 g/mol. The third kappa shape index (κ3) is 4.27. The molecule has 0 aromatic heterocycles. The summed E-state index contributed by atoms with van der Waals surface area (Å²) in [6.45, 7) is 1.32. The van der Waals surface area contributed by atoms with Crippen LogP contribution in [-0.2, 0) is 0 Å². The molecule has 0 aliphatic heterocycles. The summed E-state index contributed by atoms with van der Waals surface area (Å²) >= 11 is 0. The van der Waals surface area contributed by atoms with Crippen molar-refractivity contribution >= 4 is 0 Å². The van der Waals surface area contributed by atoms with Crippen LogP contribution in [0.25, 0.3) is 0 Å². The molecule has 1 saturated carbocycles. The minimum atomic E-state index is -0.661. The van der Waals surface area contributed by atoms with E-state index in [2.05, 4.69) is 0 Å². The number of nitrogens with zero attached hydrogens (tertiary/aromatic N) is 1. The van der Waals surface area contributed by atoms with E-state index in [0.717, 1.165) is 25.7 Å². The highest BCUT2D eigenvalue weighted by atomic mass is 19.1. The molecule has 1 atom stereocenters. The summed E-state index contributed by atoms with van der Waals surface area (Å²) in [5.74, 6) is -0.324. The van der Waals surface area contributed by atoms with Gasteiger partial charge in [0, 0.05) is 13.1 Å². The molecule has 0 amide bonds. The van der Waals surface area contributed by atoms with Crippen molar-refractivity contribution in [2.24, 2.45) is 0 Å². The number of aliphatic hydroxyl groups is 2. The van der Waals surface area contributed by atoms with Crippen LogP contribution in [0.1, 0.15) is 43.8 Å². The zero-order valence-corrected chi connectivity index (χ0v) is 12.1. The van der Waals surface area contributed by atoms with E-state index in [0.29, 0.717) is 25.1 Å². The summed E-state index contributed by atoms with van der Waals surface area (Å²) in [6.07, 6.45) is 3.79. The Labute approximate surface area is 120 Å². The molecule has 112 valence electrons. The van der Waals surface area contributed by atoms with Gasteiger partial charge in [0.05, 0.1) is 11.7 Å². The largest absolute Gasteiger partial charge is 0.389 e. The number of halogens is 1. The van der Waals surface area contributed by atoms with Gasteiger partial charge < -0.3 is 15.1 Å². The van der Waals surface area contributed by atoms with Crippen molar-refractivity contribution in [2.75, 3.05) is 20.1 Å². The topological polar surface area (TPSA) is 43.7 Å². The first-order chi connectivity index (χ1) is 9.48. The second kappa shape index (κ2) is 6.66. The maximum absolute atomic E-state index is 13.1. The molecule has 2 rings (SSSR count). The molecule has 1 aromatic carbocycles. The molecule has 1 aromatic rings. The Morgan fingerprint density at radius 2 is 2.05 bits per heavy atom. The Balaban J connectivity index is 1.79. The van der Waals surface area contributed by atoms with Crippen LogP contribution in [0.5, 0.6) is 0 Å². The van der Waals surface area contributed by atoms with E-state index in [1.807, 2.05) is 11.9 Å². The SMILES string of the molecule is CN(CCC(O)c1cccc(F)c1)CC1(O)CCCC1. The summed E-state index contributed by atoms with van der Waals surface area (Å²) in [6, 6.07) is 6.09. The summed E-state index contributed by atoms with van der Waals surface area (Å²) in [5.41, 5.74) is 0.0523. The smallest absolute Gasteiger partial charge is 0.123 e. The van der Waals surface area contributed by atoms with Crippen molar-refractivity contribution in [3.05, 3.63) is 35.6 Å². The first-order valence-electron chi connectivity index (χ1n) is 7.33. The molecule has 0 radical (unpaired) electrons. The van der Waals surface area contributed by atoms with Crippen LogP contribution in [-0.4, -0.2) is 40.9 Å². The van der Waals surface area contributed by atoms with E-state index < -0.39 is 11.7 Å². The van der Waals surface area contributed by atoms with E-state index >= 15 is 0 Å². The third-order valence-corrected chi connectivity index (χ3v) is 4.12. The summed E-state index contributed by atoms with van der Waals surface area (Å²) < 4.78 is 13.1. The van der Waals surface area contributed by atoms with Crippen LogP contribution in [0.3, 0.4) is 0 Å². The minimum Gasteiger partial charge on any atom is -0.389 e. The minimum absolute atomic E-state index is 0.324. The number of hydrogen-bond acceptors (Lipinski definition) is 3. The number of benzene rings is 1. The maximum Gasteiger partial charge on any atom is 0.123 e. The Kier molecular flexibility index (Phi) is 5.13. The molecule has 1 unspecified atom stereocenters. The lowest BCUT2D eigenvalue weighted by Crippen LogP contribution is -2.39. The zero-order chi connectivity index (χ0) is 14.6. The van der Waals surface area contributed by atoms with Crippen LogP contribution in [0.4, 0.5) is 4.39 Å². The predicted octanol–water partition coefficient (Wildman–Crippen LogP) is 2.49. The molecule has 1 fully saturated rings. The van der Waals surface area contributed by atoms with Gasteiger partial charge in [0.25, 0.3) is 0 Å². The van der Waals surface area contributed by atoms with Gasteiger partial charge in [0.15, 0.2) is 0 Å². The molecule has 1 aliphatic rings. The fourth-order valence-electron chi connectivity index (χ4n) is 3.00. The van der Waals surface area contributed by atoms with Gasteiger partial charge in [0.2, 0.25) is 0 Å². The average Bonchev–Trinajstić information content (AvgIpc) is 2.82. The van der Waals surface area contributed by atoms with Gasteiger partial charge in [-0.2, -0.15) is 0 Å². The van der Waals surface area contributed by atoms with Gasteiger partial charge >= 0.3 is 0 Å². The fourth-order valence-corrected chi connectivity index (χ4v) is 3.00. The van der Waals surface area contributed by atoms with E-state index in [1.54, 1.807) is 12.1 Å². The van der Waals surface area contributed by atoms with Gasteiger partial charge in [-0.3, -0.25) is 0 Å². The number of rotatable bonds is 6. The molecule has 2 N–H and O–H groups in total. The van der Waals surface area contributed by atoms with E-state index in [1.165, 1.54) is 12.1 Å². The second-order valence-corrected chi connectivity index (χ2v) is 6.03. The third-order valence-electron chi connectivity index (χ3n) is 4.12. The number of hydrogen-bond donors (Lipinski definition) is 2. The quantitative estimate of drug-likeness (QED) is 0.842. The van der Waals surface area contributed by atoms with E-state index in [-0.39, 0.29) is 5.82 Å². The van der Waals surface area contributed by atoms with Crippen molar-refractivity contribution in [1.29, 1.82) is 0 Å². The maximum atomic E-state index is 13.1. The molecule has 3 nitrogen and oxygen atoms in total. The molecule has 1 aliphatic carbocycles. The number of aliphatic hydroxyl groups excluding tert-OH is 1. The van der Waals surface area contributed by atoms with Gasteiger partial charge in [-0.1, -0.05) is 25.0 Å². The standard InChI is InChI=1S/C16H24FNO2/c1-18(12-16(20)8-2-3-9-16)10-7-15(19)13-5-4-6-14(17)11-13/h4-6,11,15,19-20H,2-3,7-10,12H2,1H3. The highest BCUT2D eigenvalue weighted by Gasteiger charge is 2.32. The first kappa shape index (κ1) is 15.4. The van der Waals surface area contributed by atoms with Gasteiger partial charge in [-0.05, 0) is 44.0 Å². The Hall–Kier alpha value is -0.970. The van der Waals surface area contributed by atoms with Crippen LogP contribution in [0, 0.1) is 5.82 Å². The normalized spacial score (nSPS) is 19.4. The van der Waals surface area contributed by atoms with Gasteiger partial charge in [-0.15, -0.1) is 0 Å². The zero-order valence-electron chi connectivity index (χ0n) is 12.1. The second-order valence-electron chi connectivity index (χ2n) is 6.03. The Morgan fingerprint density at radius 1 is 1.35 bits per heavy atom. The Morgan fingerprint density at radius 3 is 2.70 bits per heavy atom. The lowest BCUT2D eigenvalue weighted by molar-refractivity contribution is 0.0129. The van der Waals surface area contributed by atoms with Gasteiger partial charge in [-0.25, -0.2) is 4.39 Å². The first-order valence-corrected chi connectivity index (χ1v) is 7.33. The molecule has 20 heavy (non-hydrogen) atoms. The average molecular weight is 281 g/mol. The predicted molar refractivity (Wildman–Crippen MR) is 76.9 cm³/mol. The molecule has 0 spiro atoms. The highest BCUT2D eigenvalue weighted by molar-refractivity contribution is 5.18. The molecule has 0 saturated heterocycles. The van der Waals surface area contributed by atoms with Crippen LogP contribution in [0.15, 0.2) is 24.3 Å². The van der Waals surface area contributed by atoms with Gasteiger partial charge in [0.1, 0.15) is 5.82 Å². The van der Waals surface area contributed by atoms with E-state index in [9.17, 15) is 14.6 Å². The van der Waals surface area contributed by atoms with Crippen molar-refractivity contribution in [1.82, 2.24) is 4.90 Å². The summed E-state index contributed by atoms with van der Waals surface area (Å²) in [5, 5.41) is 20.4. The Bertz CT molecular complexity index is 432. The van der Waals surface area contributed by atoms with Crippen LogP contribution in [0.2, 0.25) is 0 Å². The molecular weight excluding hydrogens is 257 g/mol. The lowest BCUT2D eigenvalue weighted by atomic mass is 10.0. The van der Waals surface area contributed by atoms with Crippen molar-refractivity contribution < 1.29 is 14.6 Å². The van der Waals surface area contributed by atoms with Crippen LogP contribution < -0.4 is 0 Å². The van der Waals surface area contributed by atoms with Crippen LogP contribution >= 0.6 is 0 Å². The van der Waals surface area contributed by atoms with E-state index in [4.69, 9.17) is 0 Å². The molecular formula is C16H24FNO2.